The summed E-state index contributed by atoms with van der Waals surface area (Å²) in [5.41, 5.74) is 3.01. The zero-order valence-corrected chi connectivity index (χ0v) is 14.1. The summed E-state index contributed by atoms with van der Waals surface area (Å²) in [4.78, 5) is 14.9. The Balaban J connectivity index is 1.52. The Labute approximate surface area is 143 Å². The van der Waals surface area contributed by atoms with Crippen LogP contribution in [0.1, 0.15) is 48.5 Å². The van der Waals surface area contributed by atoms with Crippen LogP contribution in [0.3, 0.4) is 0 Å². The van der Waals surface area contributed by atoms with Crippen molar-refractivity contribution in [1.82, 2.24) is 0 Å². The third-order valence-corrected chi connectivity index (χ3v) is 5.13. The molecular weight excluding hydrogens is 298 g/mol. The molecule has 2 aromatic rings. The van der Waals surface area contributed by atoms with E-state index in [-0.39, 0.29) is 11.9 Å². The second kappa shape index (κ2) is 6.31. The van der Waals surface area contributed by atoms with Gasteiger partial charge in [0.05, 0.1) is 6.10 Å². The van der Waals surface area contributed by atoms with E-state index in [9.17, 15) is 4.79 Å². The highest BCUT2D eigenvalue weighted by atomic mass is 16.5. The van der Waals surface area contributed by atoms with Gasteiger partial charge in [0.1, 0.15) is 5.75 Å². The minimum Gasteiger partial charge on any atom is -0.490 e. The number of carbonyl (C=O) groups excluding carboxylic acids is 1. The predicted octanol–water partition coefficient (Wildman–Crippen LogP) is 4.60. The van der Waals surface area contributed by atoms with E-state index >= 15 is 0 Å². The largest absolute Gasteiger partial charge is 0.490 e. The second-order valence-electron chi connectivity index (χ2n) is 6.91. The molecule has 1 atom stereocenters. The first kappa shape index (κ1) is 15.3. The second-order valence-corrected chi connectivity index (χ2v) is 6.91. The molecule has 2 aliphatic rings. The van der Waals surface area contributed by atoms with Gasteiger partial charge in [-0.15, -0.1) is 0 Å². The number of benzene rings is 2. The number of amides is 1. The molecule has 0 saturated heterocycles. The molecule has 0 spiro atoms. The summed E-state index contributed by atoms with van der Waals surface area (Å²) < 4.78 is 5.99. The fourth-order valence-electron chi connectivity index (χ4n) is 3.89. The zero-order valence-electron chi connectivity index (χ0n) is 14.1. The quantitative estimate of drug-likeness (QED) is 0.827. The van der Waals surface area contributed by atoms with Crippen molar-refractivity contribution in [2.75, 3.05) is 4.90 Å². The molecule has 2 aromatic carbocycles. The van der Waals surface area contributed by atoms with Gasteiger partial charge >= 0.3 is 0 Å². The van der Waals surface area contributed by atoms with Crippen LogP contribution < -0.4 is 9.64 Å². The summed E-state index contributed by atoms with van der Waals surface area (Å²) in [5, 5.41) is 0. The van der Waals surface area contributed by atoms with E-state index in [0.29, 0.717) is 6.10 Å². The summed E-state index contributed by atoms with van der Waals surface area (Å²) in [6, 6.07) is 16.0. The summed E-state index contributed by atoms with van der Waals surface area (Å²) in [5.74, 6) is 0.938. The van der Waals surface area contributed by atoms with Crippen LogP contribution in [-0.2, 0) is 6.42 Å². The predicted molar refractivity (Wildman–Crippen MR) is 95.7 cm³/mol. The van der Waals surface area contributed by atoms with E-state index < -0.39 is 0 Å². The number of hydrogen-bond donors (Lipinski definition) is 0. The maximum absolute atomic E-state index is 13.0. The number of hydrogen-bond acceptors (Lipinski definition) is 2. The van der Waals surface area contributed by atoms with Crippen LogP contribution in [0.5, 0.6) is 5.75 Å². The fraction of sp³-hybridized carbons (Fsp3) is 0.381. The number of fused-ring (bicyclic) bond motifs is 1. The lowest BCUT2D eigenvalue weighted by Gasteiger charge is -2.23. The highest BCUT2D eigenvalue weighted by Crippen LogP contribution is 2.33. The van der Waals surface area contributed by atoms with Gasteiger partial charge in [0, 0.05) is 17.3 Å². The Kier molecular flexibility index (Phi) is 4.01. The van der Waals surface area contributed by atoms with E-state index in [1.807, 2.05) is 47.4 Å². The smallest absolute Gasteiger partial charge is 0.258 e. The van der Waals surface area contributed by atoms with Crippen LogP contribution in [0.25, 0.3) is 0 Å². The van der Waals surface area contributed by atoms with Gasteiger partial charge < -0.3 is 9.64 Å². The van der Waals surface area contributed by atoms with Crippen LogP contribution in [0.15, 0.2) is 48.5 Å². The van der Waals surface area contributed by atoms with Crippen molar-refractivity contribution < 1.29 is 9.53 Å². The van der Waals surface area contributed by atoms with E-state index in [0.717, 1.165) is 36.3 Å². The minimum atomic E-state index is 0.0693. The molecule has 3 heteroatoms. The molecule has 3 nitrogen and oxygen atoms in total. The number of nitrogens with zero attached hydrogens (tertiary/aromatic N) is 1. The molecular formula is C21H23NO2. The van der Waals surface area contributed by atoms with Crippen molar-refractivity contribution in [2.24, 2.45) is 0 Å². The molecule has 1 aliphatic carbocycles. The number of ether oxygens (including phenoxy) is 1. The third kappa shape index (κ3) is 2.79. The van der Waals surface area contributed by atoms with Gasteiger partial charge in [0.15, 0.2) is 0 Å². The molecule has 0 unspecified atom stereocenters. The third-order valence-electron chi connectivity index (χ3n) is 5.13. The Morgan fingerprint density at radius 2 is 1.75 bits per heavy atom. The van der Waals surface area contributed by atoms with Gasteiger partial charge in [-0.1, -0.05) is 18.2 Å². The highest BCUT2D eigenvalue weighted by molar-refractivity contribution is 6.07. The fourth-order valence-corrected chi connectivity index (χ4v) is 3.89. The monoisotopic (exact) mass is 321 g/mol. The van der Waals surface area contributed by atoms with Gasteiger partial charge in [-0.2, -0.15) is 0 Å². The van der Waals surface area contributed by atoms with Crippen molar-refractivity contribution in [3.05, 3.63) is 59.7 Å². The Morgan fingerprint density at radius 1 is 1.04 bits per heavy atom. The average Bonchev–Trinajstić information content (AvgIpc) is 3.21. The molecule has 0 aromatic heterocycles. The van der Waals surface area contributed by atoms with Crippen molar-refractivity contribution in [3.8, 4) is 5.75 Å². The van der Waals surface area contributed by atoms with Crippen LogP contribution >= 0.6 is 0 Å². The summed E-state index contributed by atoms with van der Waals surface area (Å²) in [7, 11) is 0. The van der Waals surface area contributed by atoms with Gasteiger partial charge in [-0.25, -0.2) is 0 Å². The molecule has 1 saturated carbocycles. The maximum atomic E-state index is 13.0. The molecule has 1 aliphatic heterocycles. The van der Waals surface area contributed by atoms with E-state index in [4.69, 9.17) is 4.74 Å². The SMILES string of the molecule is C[C@H]1Cc2ccccc2N1C(=O)c1ccc(OC2CCCC2)cc1. The maximum Gasteiger partial charge on any atom is 0.258 e. The molecule has 1 amide bonds. The van der Waals surface area contributed by atoms with E-state index in [1.54, 1.807) is 0 Å². The van der Waals surface area contributed by atoms with Crippen LogP contribution in [-0.4, -0.2) is 18.1 Å². The standard InChI is InChI=1S/C21H23NO2/c1-15-14-17-6-2-5-9-20(17)22(15)21(23)16-10-12-19(13-11-16)24-18-7-3-4-8-18/h2,5-6,9-13,15,18H,3-4,7-8,14H2,1H3/t15-/m0/s1. The van der Waals surface area contributed by atoms with Crippen molar-refractivity contribution >= 4 is 11.6 Å². The first-order valence-corrected chi connectivity index (χ1v) is 8.90. The van der Waals surface area contributed by atoms with E-state index in [2.05, 4.69) is 13.0 Å². The summed E-state index contributed by atoms with van der Waals surface area (Å²) in [6.45, 7) is 2.11. The minimum absolute atomic E-state index is 0.0693. The lowest BCUT2D eigenvalue weighted by atomic mass is 10.1. The molecule has 124 valence electrons. The molecule has 24 heavy (non-hydrogen) atoms. The molecule has 0 N–H and O–H groups in total. The highest BCUT2D eigenvalue weighted by Gasteiger charge is 2.31. The van der Waals surface area contributed by atoms with Crippen molar-refractivity contribution in [1.29, 1.82) is 0 Å². The van der Waals surface area contributed by atoms with Gasteiger partial charge in [0.25, 0.3) is 5.91 Å². The first-order chi connectivity index (χ1) is 11.7. The van der Waals surface area contributed by atoms with Crippen molar-refractivity contribution in [2.45, 2.75) is 51.2 Å². The van der Waals surface area contributed by atoms with Crippen LogP contribution in [0.2, 0.25) is 0 Å². The molecule has 0 bridgehead atoms. The van der Waals surface area contributed by atoms with Gasteiger partial charge in [-0.05, 0) is 74.9 Å². The van der Waals surface area contributed by atoms with Gasteiger partial charge in [0.2, 0.25) is 0 Å². The first-order valence-electron chi connectivity index (χ1n) is 8.90. The van der Waals surface area contributed by atoms with Gasteiger partial charge in [-0.3, -0.25) is 4.79 Å². The average molecular weight is 321 g/mol. The molecule has 1 heterocycles. The lowest BCUT2D eigenvalue weighted by Crippen LogP contribution is -2.35. The number of carbonyl (C=O) groups is 1. The molecule has 1 fully saturated rings. The summed E-state index contributed by atoms with van der Waals surface area (Å²) in [6.07, 6.45) is 6.06. The van der Waals surface area contributed by atoms with E-state index in [1.165, 1.54) is 18.4 Å². The summed E-state index contributed by atoms with van der Waals surface area (Å²) >= 11 is 0. The normalized spacial score (nSPS) is 20.2. The topological polar surface area (TPSA) is 29.5 Å². The number of anilines is 1. The number of rotatable bonds is 3. The Hall–Kier alpha value is -2.29. The number of para-hydroxylation sites is 1. The lowest BCUT2D eigenvalue weighted by molar-refractivity contribution is 0.0981. The van der Waals surface area contributed by atoms with Crippen molar-refractivity contribution in [3.63, 3.8) is 0 Å². The zero-order chi connectivity index (χ0) is 16.5. The van der Waals surface area contributed by atoms with Crippen LogP contribution in [0.4, 0.5) is 5.69 Å². The Morgan fingerprint density at radius 3 is 2.50 bits per heavy atom. The Bertz CT molecular complexity index is 732. The van der Waals surface area contributed by atoms with Crippen LogP contribution in [0, 0.1) is 0 Å². The molecule has 4 rings (SSSR count). The molecule has 0 radical (unpaired) electrons.